The first-order chi connectivity index (χ1) is 11.1. The molecule has 3 aromatic rings. The van der Waals surface area contributed by atoms with Crippen molar-refractivity contribution < 1.29 is 9.18 Å². The lowest BCUT2D eigenvalue weighted by atomic mass is 10.2. The zero-order valence-electron chi connectivity index (χ0n) is 11.8. The van der Waals surface area contributed by atoms with E-state index in [1.54, 1.807) is 30.3 Å². The molecule has 0 bridgehead atoms. The SMILES string of the molecule is O=C(NCc1nnnn1-c1ccc(Cl)cc1)c1ccccc1F. The second-order valence-electron chi connectivity index (χ2n) is 4.65. The first kappa shape index (κ1) is 15.1. The van der Waals surface area contributed by atoms with Gasteiger partial charge in [-0.15, -0.1) is 5.10 Å². The maximum Gasteiger partial charge on any atom is 0.254 e. The summed E-state index contributed by atoms with van der Waals surface area (Å²) >= 11 is 5.84. The molecule has 6 nitrogen and oxygen atoms in total. The van der Waals surface area contributed by atoms with E-state index >= 15 is 0 Å². The average molecular weight is 332 g/mol. The Hall–Kier alpha value is -2.80. The summed E-state index contributed by atoms with van der Waals surface area (Å²) in [5, 5.41) is 14.5. The van der Waals surface area contributed by atoms with Gasteiger partial charge in [-0.1, -0.05) is 23.7 Å². The molecule has 1 amide bonds. The summed E-state index contributed by atoms with van der Waals surface area (Å²) in [7, 11) is 0. The number of nitrogens with one attached hydrogen (secondary N) is 1. The zero-order valence-corrected chi connectivity index (χ0v) is 12.5. The highest BCUT2D eigenvalue weighted by Gasteiger charge is 2.13. The number of aromatic nitrogens is 4. The zero-order chi connectivity index (χ0) is 16.2. The van der Waals surface area contributed by atoms with Gasteiger partial charge < -0.3 is 5.32 Å². The van der Waals surface area contributed by atoms with Crippen molar-refractivity contribution in [2.75, 3.05) is 0 Å². The number of carbonyl (C=O) groups excluding carboxylic acids is 1. The molecule has 116 valence electrons. The second kappa shape index (κ2) is 6.53. The molecular formula is C15H11ClFN5O. The van der Waals surface area contributed by atoms with Crippen LogP contribution < -0.4 is 5.32 Å². The minimum Gasteiger partial charge on any atom is -0.345 e. The summed E-state index contributed by atoms with van der Waals surface area (Å²) in [5.74, 6) is -0.701. The van der Waals surface area contributed by atoms with Gasteiger partial charge in [0.1, 0.15) is 5.82 Å². The van der Waals surface area contributed by atoms with E-state index in [-0.39, 0.29) is 12.1 Å². The molecule has 0 saturated carbocycles. The molecule has 8 heteroatoms. The molecule has 1 heterocycles. The highest BCUT2D eigenvalue weighted by molar-refractivity contribution is 6.30. The fourth-order valence-electron chi connectivity index (χ4n) is 2.00. The van der Waals surface area contributed by atoms with Gasteiger partial charge in [0.2, 0.25) is 0 Å². The molecule has 1 N–H and O–H groups in total. The number of halogens is 2. The van der Waals surface area contributed by atoms with Crippen molar-refractivity contribution >= 4 is 17.5 Å². The third-order valence-electron chi connectivity index (χ3n) is 3.13. The summed E-state index contributed by atoms with van der Waals surface area (Å²) in [6.45, 7) is 0.0583. The van der Waals surface area contributed by atoms with Crippen molar-refractivity contribution in [2.45, 2.75) is 6.54 Å². The average Bonchev–Trinajstić information content (AvgIpc) is 3.02. The van der Waals surface area contributed by atoms with Crippen molar-refractivity contribution in [3.63, 3.8) is 0 Å². The van der Waals surface area contributed by atoms with Gasteiger partial charge in [0.25, 0.3) is 5.91 Å². The Morgan fingerprint density at radius 3 is 2.65 bits per heavy atom. The molecule has 1 aromatic heterocycles. The predicted octanol–water partition coefficient (Wildman–Crippen LogP) is 2.38. The van der Waals surface area contributed by atoms with E-state index in [0.717, 1.165) is 0 Å². The number of carbonyl (C=O) groups is 1. The third-order valence-corrected chi connectivity index (χ3v) is 3.38. The number of nitrogens with zero attached hydrogens (tertiary/aromatic N) is 4. The fourth-order valence-corrected chi connectivity index (χ4v) is 2.12. The van der Waals surface area contributed by atoms with Crippen molar-refractivity contribution in [3.05, 3.63) is 70.8 Å². The Morgan fingerprint density at radius 1 is 1.17 bits per heavy atom. The molecule has 0 saturated heterocycles. The third kappa shape index (κ3) is 3.35. The molecule has 0 fully saturated rings. The Labute approximate surface area is 135 Å². The number of benzene rings is 2. The van der Waals surface area contributed by atoms with Gasteiger partial charge in [0.15, 0.2) is 5.82 Å². The molecule has 0 atom stereocenters. The first-order valence-corrected chi connectivity index (χ1v) is 7.09. The molecule has 0 radical (unpaired) electrons. The van der Waals surface area contributed by atoms with Gasteiger partial charge in [-0.3, -0.25) is 4.79 Å². The first-order valence-electron chi connectivity index (χ1n) is 6.71. The number of hydrogen-bond acceptors (Lipinski definition) is 4. The normalized spacial score (nSPS) is 10.5. The highest BCUT2D eigenvalue weighted by atomic mass is 35.5. The summed E-state index contributed by atoms with van der Waals surface area (Å²) < 4.78 is 15.0. The molecular weight excluding hydrogens is 321 g/mol. The Bertz CT molecular complexity index is 834. The van der Waals surface area contributed by atoms with Crippen LogP contribution in [0.4, 0.5) is 4.39 Å². The molecule has 0 unspecified atom stereocenters. The van der Waals surface area contributed by atoms with Crippen LogP contribution in [0.1, 0.15) is 16.2 Å². The summed E-state index contributed by atoms with van der Waals surface area (Å²) in [5.41, 5.74) is 0.674. The molecule has 3 rings (SSSR count). The van der Waals surface area contributed by atoms with Gasteiger partial charge in [0, 0.05) is 5.02 Å². The maximum absolute atomic E-state index is 13.6. The minimum absolute atomic E-state index is 0.0296. The maximum atomic E-state index is 13.6. The molecule has 0 spiro atoms. The van der Waals surface area contributed by atoms with Crippen LogP contribution in [-0.4, -0.2) is 26.1 Å². The fraction of sp³-hybridized carbons (Fsp3) is 0.0667. The van der Waals surface area contributed by atoms with Crippen molar-refractivity contribution in [3.8, 4) is 5.69 Å². The summed E-state index contributed by atoms with van der Waals surface area (Å²) in [4.78, 5) is 12.0. The second-order valence-corrected chi connectivity index (χ2v) is 5.08. The lowest BCUT2D eigenvalue weighted by Crippen LogP contribution is -2.25. The summed E-state index contributed by atoms with van der Waals surface area (Å²) in [6, 6.07) is 12.7. The predicted molar refractivity (Wildman–Crippen MR) is 81.7 cm³/mol. The Morgan fingerprint density at radius 2 is 1.91 bits per heavy atom. The van der Waals surface area contributed by atoms with Gasteiger partial charge in [0.05, 0.1) is 17.8 Å². The molecule has 0 aliphatic carbocycles. The van der Waals surface area contributed by atoms with Crippen LogP contribution in [0.5, 0.6) is 0 Å². The van der Waals surface area contributed by atoms with Crippen molar-refractivity contribution in [1.82, 2.24) is 25.5 Å². The van der Waals surface area contributed by atoms with E-state index in [9.17, 15) is 9.18 Å². The van der Waals surface area contributed by atoms with E-state index in [0.29, 0.717) is 16.5 Å². The van der Waals surface area contributed by atoms with Crippen LogP contribution in [0.15, 0.2) is 48.5 Å². The van der Waals surface area contributed by atoms with E-state index in [1.165, 1.54) is 22.9 Å². The van der Waals surface area contributed by atoms with Crippen LogP contribution in [0.2, 0.25) is 5.02 Å². The smallest absolute Gasteiger partial charge is 0.254 e. The standard InChI is InChI=1S/C15H11ClFN5O/c16-10-5-7-11(8-6-10)22-14(19-20-21-22)9-18-15(23)12-3-1-2-4-13(12)17/h1-8H,9H2,(H,18,23). The monoisotopic (exact) mass is 331 g/mol. The van der Waals surface area contributed by atoms with E-state index < -0.39 is 11.7 Å². The topological polar surface area (TPSA) is 72.7 Å². The van der Waals surface area contributed by atoms with Crippen LogP contribution in [0, 0.1) is 5.82 Å². The van der Waals surface area contributed by atoms with Gasteiger partial charge >= 0.3 is 0 Å². The number of hydrogen-bond donors (Lipinski definition) is 1. The molecule has 2 aromatic carbocycles. The Balaban J connectivity index is 1.75. The number of rotatable bonds is 4. The van der Waals surface area contributed by atoms with Gasteiger partial charge in [-0.2, -0.15) is 4.68 Å². The minimum atomic E-state index is -0.581. The molecule has 0 aliphatic heterocycles. The van der Waals surface area contributed by atoms with E-state index in [1.807, 2.05) is 0 Å². The highest BCUT2D eigenvalue weighted by Crippen LogP contribution is 2.13. The van der Waals surface area contributed by atoms with E-state index in [2.05, 4.69) is 20.8 Å². The molecule has 0 aliphatic rings. The van der Waals surface area contributed by atoms with Crippen LogP contribution >= 0.6 is 11.6 Å². The van der Waals surface area contributed by atoms with Gasteiger partial charge in [-0.05, 0) is 46.8 Å². The quantitative estimate of drug-likeness (QED) is 0.796. The van der Waals surface area contributed by atoms with E-state index in [4.69, 9.17) is 11.6 Å². The largest absolute Gasteiger partial charge is 0.345 e. The van der Waals surface area contributed by atoms with Crippen molar-refractivity contribution in [2.24, 2.45) is 0 Å². The van der Waals surface area contributed by atoms with Crippen LogP contribution in [0.25, 0.3) is 5.69 Å². The molecule has 23 heavy (non-hydrogen) atoms. The Kier molecular flexibility index (Phi) is 4.29. The lowest BCUT2D eigenvalue weighted by molar-refractivity contribution is 0.0945. The van der Waals surface area contributed by atoms with Crippen LogP contribution in [-0.2, 0) is 6.54 Å². The number of tetrazole rings is 1. The van der Waals surface area contributed by atoms with Gasteiger partial charge in [-0.25, -0.2) is 4.39 Å². The van der Waals surface area contributed by atoms with Crippen LogP contribution in [0.3, 0.4) is 0 Å². The summed E-state index contributed by atoms with van der Waals surface area (Å²) in [6.07, 6.45) is 0. The lowest BCUT2D eigenvalue weighted by Gasteiger charge is -2.07. The van der Waals surface area contributed by atoms with Crippen molar-refractivity contribution in [1.29, 1.82) is 0 Å². The number of amides is 1.